The number of halogens is 1. The number of nitrogens with one attached hydrogen (secondary N) is 1. The monoisotopic (exact) mass is 391 g/mol. The van der Waals surface area contributed by atoms with Crippen LogP contribution in [0.4, 0.5) is 0 Å². The van der Waals surface area contributed by atoms with E-state index in [1.165, 1.54) is 0 Å². The minimum absolute atomic E-state index is 0.127. The molecule has 0 fully saturated rings. The van der Waals surface area contributed by atoms with Gasteiger partial charge in [-0.3, -0.25) is 4.79 Å². The quantitative estimate of drug-likeness (QED) is 0.582. The lowest BCUT2D eigenvalue weighted by molar-refractivity contribution is -0.116. The van der Waals surface area contributed by atoms with Crippen LogP contribution in [0.25, 0.3) is 6.08 Å². The van der Waals surface area contributed by atoms with Crippen molar-refractivity contribution < 1.29 is 4.79 Å². The van der Waals surface area contributed by atoms with E-state index in [1.807, 2.05) is 91.0 Å². The van der Waals surface area contributed by atoms with Crippen molar-refractivity contribution >= 4 is 27.9 Å². The van der Waals surface area contributed by atoms with Crippen molar-refractivity contribution in [3.05, 3.63) is 112 Å². The Kier molecular flexibility index (Phi) is 5.81. The van der Waals surface area contributed by atoms with Gasteiger partial charge in [-0.15, -0.1) is 0 Å². The van der Waals surface area contributed by atoms with Crippen LogP contribution in [0.2, 0.25) is 0 Å². The Bertz CT molecular complexity index is 820. The fraction of sp³-hybridized carbons (Fsp3) is 0.0455. The van der Waals surface area contributed by atoms with Gasteiger partial charge >= 0.3 is 0 Å². The summed E-state index contributed by atoms with van der Waals surface area (Å²) in [6.07, 6.45) is 3.38. The minimum Gasteiger partial charge on any atom is -0.342 e. The lowest BCUT2D eigenvalue weighted by Gasteiger charge is -2.19. The zero-order valence-electron chi connectivity index (χ0n) is 13.6. The second-order valence-electron chi connectivity index (χ2n) is 5.65. The smallest absolute Gasteiger partial charge is 0.244 e. The molecule has 2 nitrogen and oxygen atoms in total. The highest BCUT2D eigenvalue weighted by molar-refractivity contribution is 9.10. The van der Waals surface area contributed by atoms with Crippen molar-refractivity contribution in [1.29, 1.82) is 0 Å². The number of carbonyl (C=O) groups excluding carboxylic acids is 1. The molecule has 0 saturated heterocycles. The van der Waals surface area contributed by atoms with Crippen LogP contribution in [0.15, 0.2) is 95.5 Å². The van der Waals surface area contributed by atoms with E-state index in [2.05, 4.69) is 21.2 Å². The summed E-state index contributed by atoms with van der Waals surface area (Å²) in [5.74, 6) is -0.127. The molecule has 0 atom stereocenters. The molecule has 3 aromatic rings. The molecule has 0 heterocycles. The first kappa shape index (κ1) is 17.2. The highest BCUT2D eigenvalue weighted by Crippen LogP contribution is 2.21. The fourth-order valence-corrected chi connectivity index (χ4v) is 3.04. The largest absolute Gasteiger partial charge is 0.342 e. The lowest BCUT2D eigenvalue weighted by Crippen LogP contribution is -2.27. The molecule has 0 aliphatic heterocycles. The predicted molar refractivity (Wildman–Crippen MR) is 106 cm³/mol. The van der Waals surface area contributed by atoms with Crippen LogP contribution in [-0.4, -0.2) is 5.91 Å². The average Bonchev–Trinajstić information content (AvgIpc) is 2.66. The van der Waals surface area contributed by atoms with Crippen molar-refractivity contribution in [2.45, 2.75) is 6.04 Å². The Labute approximate surface area is 156 Å². The standard InChI is InChI=1S/C22H18BrNO/c23-20-13-7-8-17(16-20)14-15-21(25)24-22(18-9-3-1-4-10-18)19-11-5-2-6-12-19/h1-16,22H,(H,24,25)/b15-14+. The highest BCUT2D eigenvalue weighted by atomic mass is 79.9. The van der Waals surface area contributed by atoms with Crippen LogP contribution in [0.1, 0.15) is 22.7 Å². The second-order valence-corrected chi connectivity index (χ2v) is 6.57. The molecule has 0 aliphatic rings. The van der Waals surface area contributed by atoms with Gasteiger partial charge in [-0.1, -0.05) is 88.7 Å². The zero-order chi connectivity index (χ0) is 17.5. The predicted octanol–water partition coefficient (Wildman–Crippen LogP) is 5.37. The topological polar surface area (TPSA) is 29.1 Å². The highest BCUT2D eigenvalue weighted by Gasteiger charge is 2.15. The SMILES string of the molecule is O=C(/C=C/c1cccc(Br)c1)NC(c1ccccc1)c1ccccc1. The van der Waals surface area contributed by atoms with Crippen LogP contribution >= 0.6 is 15.9 Å². The summed E-state index contributed by atoms with van der Waals surface area (Å²) in [5.41, 5.74) is 3.08. The van der Waals surface area contributed by atoms with E-state index in [0.29, 0.717) is 0 Å². The van der Waals surface area contributed by atoms with Gasteiger partial charge in [0.2, 0.25) is 5.91 Å². The maximum absolute atomic E-state index is 12.4. The summed E-state index contributed by atoms with van der Waals surface area (Å²) in [4.78, 5) is 12.4. The summed E-state index contributed by atoms with van der Waals surface area (Å²) in [6, 6.07) is 27.6. The third-order valence-electron chi connectivity index (χ3n) is 3.83. The molecule has 124 valence electrons. The van der Waals surface area contributed by atoms with E-state index in [1.54, 1.807) is 6.08 Å². The van der Waals surface area contributed by atoms with E-state index in [-0.39, 0.29) is 11.9 Å². The summed E-state index contributed by atoms with van der Waals surface area (Å²) < 4.78 is 0.988. The number of carbonyl (C=O) groups is 1. The molecule has 3 rings (SSSR count). The molecule has 25 heavy (non-hydrogen) atoms. The third-order valence-corrected chi connectivity index (χ3v) is 4.32. The Morgan fingerprint density at radius 1 is 0.840 bits per heavy atom. The molecule has 0 saturated carbocycles. The van der Waals surface area contributed by atoms with Gasteiger partial charge in [-0.2, -0.15) is 0 Å². The maximum atomic E-state index is 12.4. The average molecular weight is 392 g/mol. The lowest BCUT2D eigenvalue weighted by atomic mass is 9.98. The van der Waals surface area contributed by atoms with Gasteiger partial charge in [0.25, 0.3) is 0 Å². The molecule has 3 heteroatoms. The van der Waals surface area contributed by atoms with E-state index in [0.717, 1.165) is 21.2 Å². The van der Waals surface area contributed by atoms with Gasteiger partial charge in [-0.25, -0.2) is 0 Å². The van der Waals surface area contributed by atoms with Gasteiger partial charge < -0.3 is 5.32 Å². The molecule has 0 bridgehead atoms. The van der Waals surface area contributed by atoms with Crippen LogP contribution in [0, 0.1) is 0 Å². The molecule has 0 radical (unpaired) electrons. The Morgan fingerprint density at radius 2 is 1.44 bits per heavy atom. The van der Waals surface area contributed by atoms with Gasteiger partial charge in [0.15, 0.2) is 0 Å². The van der Waals surface area contributed by atoms with Gasteiger partial charge in [0.05, 0.1) is 6.04 Å². The van der Waals surface area contributed by atoms with Crippen molar-refractivity contribution in [3.63, 3.8) is 0 Å². The summed E-state index contributed by atoms with van der Waals surface area (Å²) in [6.45, 7) is 0. The van der Waals surface area contributed by atoms with E-state index < -0.39 is 0 Å². The first-order valence-corrected chi connectivity index (χ1v) is 8.86. The number of hydrogen-bond donors (Lipinski definition) is 1. The van der Waals surface area contributed by atoms with Crippen LogP contribution < -0.4 is 5.32 Å². The molecule has 3 aromatic carbocycles. The minimum atomic E-state index is -0.179. The Morgan fingerprint density at radius 3 is 2.00 bits per heavy atom. The van der Waals surface area contributed by atoms with Gasteiger partial charge in [0.1, 0.15) is 0 Å². The normalized spacial score (nSPS) is 11.0. The fourth-order valence-electron chi connectivity index (χ4n) is 2.62. The van der Waals surface area contributed by atoms with E-state index >= 15 is 0 Å². The van der Waals surface area contributed by atoms with Crippen LogP contribution in [0.3, 0.4) is 0 Å². The molecule has 1 N–H and O–H groups in total. The van der Waals surface area contributed by atoms with Crippen molar-refractivity contribution in [2.75, 3.05) is 0 Å². The summed E-state index contributed by atoms with van der Waals surface area (Å²) in [7, 11) is 0. The maximum Gasteiger partial charge on any atom is 0.244 e. The number of benzene rings is 3. The van der Waals surface area contributed by atoms with Crippen LogP contribution in [-0.2, 0) is 4.79 Å². The van der Waals surface area contributed by atoms with Gasteiger partial charge in [0, 0.05) is 10.5 Å². The second kappa shape index (κ2) is 8.45. The molecular formula is C22H18BrNO. The van der Waals surface area contributed by atoms with E-state index in [4.69, 9.17) is 0 Å². The molecule has 0 aliphatic carbocycles. The molecule has 0 aromatic heterocycles. The molecule has 0 unspecified atom stereocenters. The van der Waals surface area contributed by atoms with Gasteiger partial charge in [-0.05, 0) is 34.9 Å². The zero-order valence-corrected chi connectivity index (χ0v) is 15.2. The first-order valence-electron chi connectivity index (χ1n) is 8.06. The third kappa shape index (κ3) is 4.91. The molecular weight excluding hydrogens is 374 g/mol. The van der Waals surface area contributed by atoms with Crippen molar-refractivity contribution in [2.24, 2.45) is 0 Å². The summed E-state index contributed by atoms with van der Waals surface area (Å²) in [5, 5.41) is 3.10. The number of amides is 1. The van der Waals surface area contributed by atoms with Crippen LogP contribution in [0.5, 0.6) is 0 Å². The Hall–Kier alpha value is -2.65. The Balaban J connectivity index is 1.79. The molecule has 0 spiro atoms. The number of rotatable bonds is 5. The summed E-state index contributed by atoms with van der Waals surface area (Å²) >= 11 is 3.44. The number of hydrogen-bond acceptors (Lipinski definition) is 1. The first-order chi connectivity index (χ1) is 12.2. The van der Waals surface area contributed by atoms with Crippen molar-refractivity contribution in [1.82, 2.24) is 5.32 Å². The van der Waals surface area contributed by atoms with Crippen molar-refractivity contribution in [3.8, 4) is 0 Å². The van der Waals surface area contributed by atoms with E-state index in [9.17, 15) is 4.79 Å². The molecule has 1 amide bonds.